The average Bonchev–Trinajstić information content (AvgIpc) is 1.59. The zero-order valence-corrected chi connectivity index (χ0v) is 7.60. The van der Waals surface area contributed by atoms with Crippen LogP contribution in [0.25, 0.3) is 0 Å². The van der Waals surface area contributed by atoms with Crippen LogP contribution in [-0.2, 0) is 9.47 Å². The molecular formula is C8H18O2. The Morgan fingerprint density at radius 3 is 2.00 bits per heavy atom. The molecule has 0 spiro atoms. The van der Waals surface area contributed by atoms with Gasteiger partial charge in [-0.3, -0.25) is 0 Å². The molecule has 0 heterocycles. The van der Waals surface area contributed by atoms with Crippen LogP contribution in [0.4, 0.5) is 0 Å². The minimum atomic E-state index is -0.0884. The third-order valence-electron chi connectivity index (χ3n) is 0.893. The molecular weight excluding hydrogens is 128 g/mol. The SMILES string of the molecule is CC(C)OCOC(C)(C)C. The monoisotopic (exact) mass is 146 g/mol. The Morgan fingerprint density at radius 1 is 1.20 bits per heavy atom. The average molecular weight is 146 g/mol. The number of ether oxygens (including phenoxy) is 2. The van der Waals surface area contributed by atoms with E-state index in [1.165, 1.54) is 0 Å². The third-order valence-corrected chi connectivity index (χ3v) is 0.893. The van der Waals surface area contributed by atoms with E-state index in [9.17, 15) is 0 Å². The molecule has 0 saturated heterocycles. The van der Waals surface area contributed by atoms with Crippen molar-refractivity contribution in [3.8, 4) is 0 Å². The maximum absolute atomic E-state index is 5.32. The molecule has 0 rings (SSSR count). The molecule has 0 aromatic carbocycles. The quantitative estimate of drug-likeness (QED) is 0.568. The molecule has 2 heteroatoms. The van der Waals surface area contributed by atoms with Gasteiger partial charge in [0.05, 0.1) is 11.7 Å². The van der Waals surface area contributed by atoms with E-state index in [0.717, 1.165) is 0 Å². The molecule has 0 radical (unpaired) electrons. The molecule has 0 unspecified atom stereocenters. The second-order valence-electron chi connectivity index (χ2n) is 3.59. The van der Waals surface area contributed by atoms with Crippen molar-refractivity contribution in [3.63, 3.8) is 0 Å². The summed E-state index contributed by atoms with van der Waals surface area (Å²) in [6.45, 7) is 10.4. The van der Waals surface area contributed by atoms with Gasteiger partial charge >= 0.3 is 0 Å². The van der Waals surface area contributed by atoms with Gasteiger partial charge in [0.1, 0.15) is 6.79 Å². The summed E-state index contributed by atoms with van der Waals surface area (Å²) in [5.74, 6) is 0. The highest BCUT2D eigenvalue weighted by Crippen LogP contribution is 2.06. The lowest BCUT2D eigenvalue weighted by molar-refractivity contribution is -0.135. The van der Waals surface area contributed by atoms with Crippen molar-refractivity contribution < 1.29 is 9.47 Å². The van der Waals surface area contributed by atoms with Gasteiger partial charge in [0.2, 0.25) is 0 Å². The molecule has 0 aromatic rings. The lowest BCUT2D eigenvalue weighted by Gasteiger charge is -2.20. The van der Waals surface area contributed by atoms with Crippen LogP contribution in [-0.4, -0.2) is 18.5 Å². The third kappa shape index (κ3) is 7.92. The van der Waals surface area contributed by atoms with Crippen LogP contribution in [0, 0.1) is 0 Å². The van der Waals surface area contributed by atoms with Gasteiger partial charge in [0, 0.05) is 0 Å². The summed E-state index contributed by atoms with van der Waals surface area (Å²) < 4.78 is 10.5. The molecule has 0 atom stereocenters. The first kappa shape index (κ1) is 9.92. The van der Waals surface area contributed by atoms with E-state index in [2.05, 4.69) is 0 Å². The van der Waals surface area contributed by atoms with Crippen LogP contribution in [0.5, 0.6) is 0 Å². The molecule has 0 amide bonds. The first-order valence-corrected chi connectivity index (χ1v) is 3.67. The predicted octanol–water partition coefficient (Wildman–Crippen LogP) is 2.18. The smallest absolute Gasteiger partial charge is 0.147 e. The predicted molar refractivity (Wildman–Crippen MR) is 41.9 cm³/mol. The van der Waals surface area contributed by atoms with Gasteiger partial charge in [-0.05, 0) is 34.6 Å². The molecule has 0 N–H and O–H groups in total. The molecule has 0 aliphatic rings. The Balaban J connectivity index is 3.21. The number of hydrogen-bond donors (Lipinski definition) is 0. The summed E-state index contributed by atoms with van der Waals surface area (Å²) >= 11 is 0. The standard InChI is InChI=1S/C8H18O2/c1-7(2)9-6-10-8(3,4)5/h7H,6H2,1-5H3. The van der Waals surface area contributed by atoms with Crippen molar-refractivity contribution in [3.05, 3.63) is 0 Å². The topological polar surface area (TPSA) is 18.5 Å². The molecule has 0 fully saturated rings. The Bertz CT molecular complexity index is 81.7. The van der Waals surface area contributed by atoms with Gasteiger partial charge in [-0.15, -0.1) is 0 Å². The van der Waals surface area contributed by atoms with E-state index in [4.69, 9.17) is 9.47 Å². The van der Waals surface area contributed by atoms with Gasteiger partial charge in [-0.25, -0.2) is 0 Å². The second-order valence-corrected chi connectivity index (χ2v) is 3.59. The van der Waals surface area contributed by atoms with E-state index >= 15 is 0 Å². The minimum absolute atomic E-state index is 0.0884. The maximum atomic E-state index is 5.32. The fourth-order valence-electron chi connectivity index (χ4n) is 0.347. The molecule has 0 aliphatic carbocycles. The van der Waals surface area contributed by atoms with Gasteiger partial charge in [-0.1, -0.05) is 0 Å². The molecule has 0 aliphatic heterocycles. The Labute approximate surface area is 63.5 Å². The summed E-state index contributed by atoms with van der Waals surface area (Å²) in [7, 11) is 0. The van der Waals surface area contributed by atoms with E-state index in [1.807, 2.05) is 34.6 Å². The molecule has 2 nitrogen and oxygen atoms in total. The molecule has 0 bridgehead atoms. The normalized spacial score (nSPS) is 12.6. The zero-order chi connectivity index (χ0) is 8.20. The van der Waals surface area contributed by atoms with Gasteiger partial charge in [0.25, 0.3) is 0 Å². The van der Waals surface area contributed by atoms with Gasteiger partial charge in [-0.2, -0.15) is 0 Å². The van der Waals surface area contributed by atoms with Crippen molar-refractivity contribution in [1.29, 1.82) is 0 Å². The van der Waals surface area contributed by atoms with E-state index in [-0.39, 0.29) is 11.7 Å². The number of rotatable bonds is 3. The van der Waals surface area contributed by atoms with Crippen LogP contribution in [0.15, 0.2) is 0 Å². The summed E-state index contributed by atoms with van der Waals surface area (Å²) in [6.07, 6.45) is 0.252. The largest absolute Gasteiger partial charge is 0.353 e. The lowest BCUT2D eigenvalue weighted by Crippen LogP contribution is -2.22. The highest BCUT2D eigenvalue weighted by atomic mass is 16.7. The van der Waals surface area contributed by atoms with Crippen LogP contribution in [0.1, 0.15) is 34.6 Å². The van der Waals surface area contributed by atoms with Crippen LogP contribution in [0.2, 0.25) is 0 Å². The first-order chi connectivity index (χ1) is 4.42. The molecule has 0 aromatic heterocycles. The Hall–Kier alpha value is -0.0800. The van der Waals surface area contributed by atoms with Crippen molar-refractivity contribution >= 4 is 0 Å². The van der Waals surface area contributed by atoms with Crippen LogP contribution < -0.4 is 0 Å². The summed E-state index contributed by atoms with van der Waals surface area (Å²) in [5, 5.41) is 0. The van der Waals surface area contributed by atoms with Crippen molar-refractivity contribution in [2.75, 3.05) is 6.79 Å². The van der Waals surface area contributed by atoms with Gasteiger partial charge < -0.3 is 9.47 Å². The lowest BCUT2D eigenvalue weighted by atomic mass is 10.2. The fraction of sp³-hybridized carbons (Fsp3) is 1.00. The molecule has 62 valence electrons. The highest BCUT2D eigenvalue weighted by molar-refractivity contribution is 4.56. The summed E-state index contributed by atoms with van der Waals surface area (Å²) in [5.41, 5.74) is -0.0884. The summed E-state index contributed by atoms with van der Waals surface area (Å²) in [4.78, 5) is 0. The van der Waals surface area contributed by atoms with Crippen molar-refractivity contribution in [2.24, 2.45) is 0 Å². The van der Waals surface area contributed by atoms with E-state index < -0.39 is 0 Å². The van der Waals surface area contributed by atoms with E-state index in [1.54, 1.807) is 0 Å². The van der Waals surface area contributed by atoms with Crippen molar-refractivity contribution in [1.82, 2.24) is 0 Å². The Kier molecular flexibility index (Phi) is 3.91. The van der Waals surface area contributed by atoms with Gasteiger partial charge in [0.15, 0.2) is 0 Å². The zero-order valence-electron chi connectivity index (χ0n) is 7.60. The number of hydrogen-bond acceptors (Lipinski definition) is 2. The minimum Gasteiger partial charge on any atom is -0.353 e. The highest BCUT2D eigenvalue weighted by Gasteiger charge is 2.09. The van der Waals surface area contributed by atoms with Crippen LogP contribution >= 0.6 is 0 Å². The first-order valence-electron chi connectivity index (χ1n) is 3.67. The Morgan fingerprint density at radius 2 is 1.70 bits per heavy atom. The molecule has 0 saturated carbocycles. The van der Waals surface area contributed by atoms with E-state index in [0.29, 0.717) is 6.79 Å². The fourth-order valence-corrected chi connectivity index (χ4v) is 0.347. The maximum Gasteiger partial charge on any atom is 0.147 e. The second kappa shape index (κ2) is 3.94. The molecule has 10 heavy (non-hydrogen) atoms. The summed E-state index contributed by atoms with van der Waals surface area (Å²) in [6, 6.07) is 0. The van der Waals surface area contributed by atoms with Crippen LogP contribution in [0.3, 0.4) is 0 Å². The van der Waals surface area contributed by atoms with Crippen molar-refractivity contribution in [2.45, 2.75) is 46.3 Å².